The molecule has 3 rings (SSSR count). The normalized spacial score (nSPS) is 16.0. The lowest BCUT2D eigenvalue weighted by molar-refractivity contribution is 0.243. The number of piperazine rings is 1. The number of aryl methyl sites for hydroxylation is 1. The summed E-state index contributed by atoms with van der Waals surface area (Å²) in [5, 5.41) is 4.04. The van der Waals surface area contributed by atoms with E-state index in [9.17, 15) is 9.18 Å². The van der Waals surface area contributed by atoms with Crippen LogP contribution >= 0.6 is 0 Å². The van der Waals surface area contributed by atoms with Crippen LogP contribution in [-0.2, 0) is 13.6 Å². The molecule has 2 aromatic rings. The van der Waals surface area contributed by atoms with E-state index in [1.807, 2.05) is 0 Å². The summed E-state index contributed by atoms with van der Waals surface area (Å²) in [6, 6.07) is 4.63. The van der Waals surface area contributed by atoms with Crippen LogP contribution in [0.3, 0.4) is 0 Å². The van der Waals surface area contributed by atoms with Crippen molar-refractivity contribution >= 4 is 5.69 Å². The van der Waals surface area contributed by atoms with Gasteiger partial charge in [0, 0.05) is 52.0 Å². The third-order valence-electron chi connectivity index (χ3n) is 3.90. The van der Waals surface area contributed by atoms with Gasteiger partial charge in [-0.1, -0.05) is 0 Å². The van der Waals surface area contributed by atoms with Gasteiger partial charge in [0.25, 0.3) is 5.56 Å². The summed E-state index contributed by atoms with van der Waals surface area (Å²) in [5.41, 5.74) is 1.20. The van der Waals surface area contributed by atoms with Crippen LogP contribution < -0.4 is 10.5 Å². The van der Waals surface area contributed by atoms with Crippen molar-refractivity contribution in [3.05, 3.63) is 52.5 Å². The smallest absolute Gasteiger partial charge is 0.268 e. The van der Waals surface area contributed by atoms with Crippen LogP contribution in [0, 0.1) is 5.82 Å². The van der Waals surface area contributed by atoms with Gasteiger partial charge in [0.15, 0.2) is 0 Å². The maximum absolute atomic E-state index is 13.6. The molecule has 0 atom stereocenters. The molecule has 0 amide bonds. The Kier molecular flexibility index (Phi) is 4.15. The first-order valence-electron chi connectivity index (χ1n) is 7.23. The predicted molar refractivity (Wildman–Crippen MR) is 81.2 cm³/mol. The molecule has 0 saturated carbocycles. The maximum atomic E-state index is 13.6. The minimum Gasteiger partial charge on any atom is -0.368 e. The molecule has 1 saturated heterocycles. The third kappa shape index (κ3) is 3.14. The van der Waals surface area contributed by atoms with Crippen molar-refractivity contribution in [2.24, 2.45) is 7.05 Å². The molecule has 3 heterocycles. The molecule has 0 aliphatic carbocycles. The monoisotopic (exact) mass is 303 g/mol. The minimum atomic E-state index is -0.263. The third-order valence-corrected chi connectivity index (χ3v) is 3.90. The number of anilines is 1. The van der Waals surface area contributed by atoms with Gasteiger partial charge in [-0.25, -0.2) is 9.07 Å². The number of rotatable bonds is 3. The second kappa shape index (κ2) is 6.23. The Morgan fingerprint density at radius 1 is 1.27 bits per heavy atom. The average Bonchev–Trinajstić information content (AvgIpc) is 2.53. The van der Waals surface area contributed by atoms with Gasteiger partial charge in [-0.15, -0.1) is 0 Å². The highest BCUT2D eigenvalue weighted by Crippen LogP contribution is 2.15. The quantitative estimate of drug-likeness (QED) is 0.833. The fraction of sp³-hybridized carbons (Fsp3) is 0.400. The SMILES string of the molecule is Cn1ncc(N2CCN(Cc3ncccc3F)CC2)cc1=O. The molecule has 116 valence electrons. The lowest BCUT2D eigenvalue weighted by Crippen LogP contribution is -2.46. The standard InChI is InChI=1S/C15H18FN5O/c1-19-15(22)9-12(10-18-19)21-7-5-20(6-8-21)11-14-13(16)3-2-4-17-14/h2-4,9-10H,5-8,11H2,1H3. The van der Waals surface area contributed by atoms with E-state index in [1.54, 1.807) is 31.6 Å². The van der Waals surface area contributed by atoms with Crippen LogP contribution in [0.2, 0.25) is 0 Å². The Labute approximate surface area is 127 Å². The first-order chi connectivity index (χ1) is 10.6. The highest BCUT2D eigenvalue weighted by Gasteiger charge is 2.19. The second-order valence-electron chi connectivity index (χ2n) is 5.37. The van der Waals surface area contributed by atoms with Crippen LogP contribution in [0.1, 0.15) is 5.69 Å². The van der Waals surface area contributed by atoms with Crippen LogP contribution in [0.5, 0.6) is 0 Å². The average molecular weight is 303 g/mol. The molecule has 0 aromatic carbocycles. The number of pyridine rings is 1. The van der Waals surface area contributed by atoms with E-state index in [2.05, 4.69) is 19.9 Å². The fourth-order valence-electron chi connectivity index (χ4n) is 2.54. The molecule has 1 fully saturated rings. The van der Waals surface area contributed by atoms with Gasteiger partial charge in [0.2, 0.25) is 0 Å². The summed E-state index contributed by atoms with van der Waals surface area (Å²) in [6.45, 7) is 3.67. The lowest BCUT2D eigenvalue weighted by atomic mass is 10.2. The zero-order valence-electron chi connectivity index (χ0n) is 12.4. The second-order valence-corrected chi connectivity index (χ2v) is 5.37. The van der Waals surface area contributed by atoms with E-state index in [4.69, 9.17) is 0 Å². The van der Waals surface area contributed by atoms with E-state index in [0.717, 1.165) is 31.9 Å². The molecule has 1 aliphatic heterocycles. The highest BCUT2D eigenvalue weighted by atomic mass is 19.1. The summed E-state index contributed by atoms with van der Waals surface area (Å²) >= 11 is 0. The van der Waals surface area contributed by atoms with Crippen LogP contribution in [0.25, 0.3) is 0 Å². The Morgan fingerprint density at radius 2 is 2.05 bits per heavy atom. The Morgan fingerprint density at radius 3 is 2.73 bits per heavy atom. The van der Waals surface area contributed by atoms with Crippen LogP contribution in [-0.4, -0.2) is 45.8 Å². The molecule has 0 bridgehead atoms. The fourth-order valence-corrected chi connectivity index (χ4v) is 2.54. The van der Waals surface area contributed by atoms with Gasteiger partial charge in [-0.05, 0) is 12.1 Å². The Bertz CT molecular complexity index is 709. The zero-order chi connectivity index (χ0) is 15.5. The molecule has 0 spiro atoms. The number of nitrogens with zero attached hydrogens (tertiary/aromatic N) is 5. The van der Waals surface area contributed by atoms with Gasteiger partial charge in [-0.2, -0.15) is 5.10 Å². The molecular formula is C15H18FN5O. The topological polar surface area (TPSA) is 54.3 Å². The lowest BCUT2D eigenvalue weighted by Gasteiger charge is -2.35. The summed E-state index contributed by atoms with van der Waals surface area (Å²) in [4.78, 5) is 20.0. The molecule has 0 radical (unpaired) electrons. The summed E-state index contributed by atoms with van der Waals surface area (Å²) < 4.78 is 14.9. The zero-order valence-corrected chi connectivity index (χ0v) is 12.4. The molecule has 22 heavy (non-hydrogen) atoms. The summed E-state index contributed by atoms with van der Waals surface area (Å²) in [6.07, 6.45) is 3.32. The molecule has 0 unspecified atom stereocenters. The highest BCUT2D eigenvalue weighted by molar-refractivity contribution is 5.43. The van der Waals surface area contributed by atoms with Crippen LogP contribution in [0.4, 0.5) is 10.1 Å². The van der Waals surface area contributed by atoms with Crippen molar-refractivity contribution in [2.45, 2.75) is 6.54 Å². The predicted octanol–water partition coefficient (Wildman–Crippen LogP) is 0.637. The van der Waals surface area contributed by atoms with E-state index in [1.165, 1.54) is 10.7 Å². The van der Waals surface area contributed by atoms with Crippen molar-refractivity contribution in [1.29, 1.82) is 0 Å². The minimum absolute atomic E-state index is 0.115. The molecule has 6 nitrogen and oxygen atoms in total. The number of aromatic nitrogens is 3. The Hall–Kier alpha value is -2.28. The van der Waals surface area contributed by atoms with E-state index >= 15 is 0 Å². The van der Waals surface area contributed by atoms with Gasteiger partial charge in [-0.3, -0.25) is 14.7 Å². The van der Waals surface area contributed by atoms with Gasteiger partial charge >= 0.3 is 0 Å². The molecule has 1 aliphatic rings. The molecule has 7 heteroatoms. The van der Waals surface area contributed by atoms with Crippen molar-refractivity contribution in [3.63, 3.8) is 0 Å². The first-order valence-corrected chi connectivity index (χ1v) is 7.23. The van der Waals surface area contributed by atoms with Gasteiger partial charge < -0.3 is 4.90 Å². The van der Waals surface area contributed by atoms with Crippen molar-refractivity contribution in [3.8, 4) is 0 Å². The maximum Gasteiger partial charge on any atom is 0.268 e. The first kappa shape index (κ1) is 14.6. The van der Waals surface area contributed by atoms with Crippen molar-refractivity contribution in [2.75, 3.05) is 31.1 Å². The van der Waals surface area contributed by atoms with Gasteiger partial charge in [0.05, 0.1) is 17.6 Å². The summed E-state index contributed by atoms with van der Waals surface area (Å²) in [7, 11) is 1.63. The molecular weight excluding hydrogens is 285 g/mol. The number of hydrogen-bond acceptors (Lipinski definition) is 5. The van der Waals surface area contributed by atoms with Crippen molar-refractivity contribution < 1.29 is 4.39 Å². The Balaban J connectivity index is 1.61. The molecule has 0 N–H and O–H groups in total. The van der Waals surface area contributed by atoms with Gasteiger partial charge in [0.1, 0.15) is 5.82 Å². The van der Waals surface area contributed by atoms with E-state index < -0.39 is 0 Å². The van der Waals surface area contributed by atoms with Crippen LogP contribution in [0.15, 0.2) is 35.4 Å². The summed E-state index contributed by atoms with van der Waals surface area (Å²) in [5.74, 6) is -0.263. The van der Waals surface area contributed by atoms with E-state index in [-0.39, 0.29) is 11.4 Å². The number of hydrogen-bond donors (Lipinski definition) is 0. The van der Waals surface area contributed by atoms with E-state index in [0.29, 0.717) is 12.2 Å². The largest absolute Gasteiger partial charge is 0.368 e. The van der Waals surface area contributed by atoms with Crippen molar-refractivity contribution in [1.82, 2.24) is 19.7 Å². The molecule has 2 aromatic heterocycles. The number of halogens is 1.